The molecular weight excluding hydrogens is 162 g/mol. The molecule has 0 aromatic carbocycles. The van der Waals surface area contributed by atoms with Crippen molar-refractivity contribution >= 4 is 5.91 Å². The summed E-state index contributed by atoms with van der Waals surface area (Å²) in [5.41, 5.74) is 1.80. The number of terminal acetylenes is 1. The average molecular weight is 179 g/mol. The quantitative estimate of drug-likeness (QED) is 0.468. The van der Waals surface area contributed by atoms with Crippen LogP contribution in [-0.4, -0.2) is 23.9 Å². The molecule has 0 spiro atoms. The summed E-state index contributed by atoms with van der Waals surface area (Å²) in [4.78, 5) is 13.2. The maximum Gasteiger partial charge on any atom is 0.250 e. The lowest BCUT2D eigenvalue weighted by atomic mass is 10.1. The molecule has 0 aliphatic rings. The summed E-state index contributed by atoms with van der Waals surface area (Å²) < 4.78 is 0. The van der Waals surface area contributed by atoms with Crippen molar-refractivity contribution in [3.05, 3.63) is 11.1 Å². The predicted molar refractivity (Wildman–Crippen MR) is 55.1 cm³/mol. The maximum absolute atomic E-state index is 11.7. The Bertz CT molecular complexity index is 266. The van der Waals surface area contributed by atoms with E-state index in [2.05, 4.69) is 5.92 Å². The number of rotatable bonds is 2. The van der Waals surface area contributed by atoms with Gasteiger partial charge in [0.05, 0.1) is 6.04 Å². The Morgan fingerprint density at radius 2 is 1.85 bits per heavy atom. The van der Waals surface area contributed by atoms with Crippen LogP contribution in [0, 0.1) is 12.3 Å². The SMILES string of the molecule is C#CC(C)N(C)C(=O)C(C)=C(C)C. The van der Waals surface area contributed by atoms with Gasteiger partial charge in [0.1, 0.15) is 0 Å². The average Bonchev–Trinajstić information content (AvgIpc) is 2.12. The number of hydrogen-bond acceptors (Lipinski definition) is 1. The van der Waals surface area contributed by atoms with Gasteiger partial charge in [0.25, 0.3) is 0 Å². The van der Waals surface area contributed by atoms with Gasteiger partial charge in [-0.3, -0.25) is 4.79 Å². The van der Waals surface area contributed by atoms with E-state index < -0.39 is 0 Å². The van der Waals surface area contributed by atoms with Crippen molar-refractivity contribution in [2.24, 2.45) is 0 Å². The van der Waals surface area contributed by atoms with Crippen molar-refractivity contribution in [3.8, 4) is 12.3 Å². The third kappa shape index (κ3) is 2.95. The van der Waals surface area contributed by atoms with Crippen LogP contribution in [0.3, 0.4) is 0 Å². The Morgan fingerprint density at radius 1 is 1.38 bits per heavy atom. The van der Waals surface area contributed by atoms with Crippen molar-refractivity contribution in [3.63, 3.8) is 0 Å². The van der Waals surface area contributed by atoms with Gasteiger partial charge in [0, 0.05) is 12.6 Å². The normalized spacial score (nSPS) is 11.4. The lowest BCUT2D eigenvalue weighted by Gasteiger charge is -2.21. The molecule has 0 N–H and O–H groups in total. The van der Waals surface area contributed by atoms with E-state index in [1.807, 2.05) is 27.7 Å². The zero-order chi connectivity index (χ0) is 10.6. The number of carbonyl (C=O) groups is 1. The van der Waals surface area contributed by atoms with E-state index in [0.29, 0.717) is 0 Å². The Hall–Kier alpha value is -1.23. The third-order valence-corrected chi connectivity index (χ3v) is 2.21. The van der Waals surface area contributed by atoms with E-state index in [4.69, 9.17) is 6.42 Å². The largest absolute Gasteiger partial charge is 0.328 e. The maximum atomic E-state index is 11.7. The molecule has 0 fully saturated rings. The number of allylic oxidation sites excluding steroid dienone is 1. The van der Waals surface area contributed by atoms with Crippen LogP contribution in [0.2, 0.25) is 0 Å². The number of nitrogens with zero attached hydrogens (tertiary/aromatic N) is 1. The molecule has 1 atom stereocenters. The van der Waals surface area contributed by atoms with Gasteiger partial charge in [-0.2, -0.15) is 0 Å². The molecule has 0 saturated carbocycles. The zero-order valence-electron chi connectivity index (χ0n) is 9.01. The molecule has 2 heteroatoms. The lowest BCUT2D eigenvalue weighted by Crippen LogP contribution is -2.34. The molecule has 0 aliphatic carbocycles. The highest BCUT2D eigenvalue weighted by molar-refractivity contribution is 5.93. The zero-order valence-corrected chi connectivity index (χ0v) is 9.01. The highest BCUT2D eigenvalue weighted by Gasteiger charge is 2.15. The van der Waals surface area contributed by atoms with Crippen molar-refractivity contribution in [2.75, 3.05) is 7.05 Å². The summed E-state index contributed by atoms with van der Waals surface area (Å²) in [6.07, 6.45) is 5.23. The highest BCUT2D eigenvalue weighted by Crippen LogP contribution is 2.07. The van der Waals surface area contributed by atoms with Gasteiger partial charge in [-0.15, -0.1) is 6.42 Å². The van der Waals surface area contributed by atoms with Gasteiger partial charge in [-0.1, -0.05) is 11.5 Å². The van der Waals surface area contributed by atoms with Gasteiger partial charge >= 0.3 is 0 Å². The minimum Gasteiger partial charge on any atom is -0.328 e. The molecule has 0 rings (SSSR count). The van der Waals surface area contributed by atoms with E-state index in [0.717, 1.165) is 11.1 Å². The van der Waals surface area contributed by atoms with Gasteiger partial charge in [-0.25, -0.2) is 0 Å². The van der Waals surface area contributed by atoms with E-state index in [1.165, 1.54) is 0 Å². The second-order valence-corrected chi connectivity index (χ2v) is 3.38. The van der Waals surface area contributed by atoms with Crippen LogP contribution < -0.4 is 0 Å². The van der Waals surface area contributed by atoms with Gasteiger partial charge in [0.15, 0.2) is 0 Å². The Kier molecular flexibility index (Phi) is 4.27. The Labute approximate surface area is 80.6 Å². The number of amides is 1. The molecule has 0 heterocycles. The highest BCUT2D eigenvalue weighted by atomic mass is 16.2. The van der Waals surface area contributed by atoms with Crippen LogP contribution in [0.25, 0.3) is 0 Å². The summed E-state index contributed by atoms with van der Waals surface area (Å²) in [6.45, 7) is 7.48. The fourth-order valence-corrected chi connectivity index (χ4v) is 0.766. The number of hydrogen-bond donors (Lipinski definition) is 0. The van der Waals surface area contributed by atoms with Crippen molar-refractivity contribution in [2.45, 2.75) is 33.7 Å². The summed E-state index contributed by atoms with van der Waals surface area (Å²) in [5.74, 6) is 2.53. The summed E-state index contributed by atoms with van der Waals surface area (Å²) in [7, 11) is 1.72. The van der Waals surface area contributed by atoms with E-state index in [-0.39, 0.29) is 11.9 Å². The smallest absolute Gasteiger partial charge is 0.250 e. The lowest BCUT2D eigenvalue weighted by molar-refractivity contribution is -0.126. The summed E-state index contributed by atoms with van der Waals surface area (Å²) in [6, 6.07) is -0.151. The first-order valence-electron chi connectivity index (χ1n) is 4.29. The second-order valence-electron chi connectivity index (χ2n) is 3.38. The molecule has 72 valence electrons. The fraction of sp³-hybridized carbons (Fsp3) is 0.545. The molecule has 0 aliphatic heterocycles. The van der Waals surface area contributed by atoms with Crippen molar-refractivity contribution in [1.82, 2.24) is 4.90 Å². The molecule has 0 radical (unpaired) electrons. The number of carbonyl (C=O) groups excluding carboxylic acids is 1. The Morgan fingerprint density at radius 3 is 2.15 bits per heavy atom. The molecule has 1 unspecified atom stereocenters. The Balaban J connectivity index is 4.65. The van der Waals surface area contributed by atoms with Crippen LogP contribution >= 0.6 is 0 Å². The van der Waals surface area contributed by atoms with Gasteiger partial charge < -0.3 is 4.90 Å². The van der Waals surface area contributed by atoms with Crippen LogP contribution in [0.4, 0.5) is 0 Å². The number of likely N-dealkylation sites (N-methyl/N-ethyl adjacent to an activating group) is 1. The van der Waals surface area contributed by atoms with Crippen LogP contribution in [0.1, 0.15) is 27.7 Å². The van der Waals surface area contributed by atoms with E-state index in [9.17, 15) is 4.79 Å². The predicted octanol–water partition coefficient (Wildman–Crippen LogP) is 1.82. The topological polar surface area (TPSA) is 20.3 Å². The first-order chi connectivity index (χ1) is 5.91. The molecule has 0 bridgehead atoms. The molecule has 0 saturated heterocycles. The molecule has 0 aromatic rings. The fourth-order valence-electron chi connectivity index (χ4n) is 0.766. The van der Waals surface area contributed by atoms with Gasteiger partial charge in [0.2, 0.25) is 5.91 Å². The van der Waals surface area contributed by atoms with E-state index in [1.54, 1.807) is 11.9 Å². The van der Waals surface area contributed by atoms with Gasteiger partial charge in [-0.05, 0) is 27.7 Å². The van der Waals surface area contributed by atoms with Crippen LogP contribution in [0.15, 0.2) is 11.1 Å². The molecule has 1 amide bonds. The van der Waals surface area contributed by atoms with E-state index >= 15 is 0 Å². The van der Waals surface area contributed by atoms with Crippen LogP contribution in [0.5, 0.6) is 0 Å². The second kappa shape index (κ2) is 4.71. The standard InChI is InChI=1S/C11H17NO/c1-7-9(4)12(6)11(13)10(5)8(2)3/h1,9H,2-6H3. The summed E-state index contributed by atoms with van der Waals surface area (Å²) in [5, 5.41) is 0. The minimum absolute atomic E-state index is 0.00505. The molecule has 2 nitrogen and oxygen atoms in total. The monoisotopic (exact) mass is 179 g/mol. The van der Waals surface area contributed by atoms with Crippen molar-refractivity contribution < 1.29 is 4.79 Å². The minimum atomic E-state index is -0.151. The van der Waals surface area contributed by atoms with Crippen molar-refractivity contribution in [1.29, 1.82) is 0 Å². The molecule has 13 heavy (non-hydrogen) atoms. The summed E-state index contributed by atoms with van der Waals surface area (Å²) >= 11 is 0. The first-order valence-corrected chi connectivity index (χ1v) is 4.29. The van der Waals surface area contributed by atoms with Crippen LogP contribution in [-0.2, 0) is 4.79 Å². The first kappa shape index (κ1) is 11.8. The third-order valence-electron chi connectivity index (χ3n) is 2.21. The molecular formula is C11H17NO. The molecule has 0 aromatic heterocycles.